The lowest BCUT2D eigenvalue weighted by molar-refractivity contribution is 0.0734. The van der Waals surface area contributed by atoms with Gasteiger partial charge in [0.2, 0.25) is 0 Å². The normalized spacial score (nSPS) is 32.5. The largest absolute Gasteiger partial charge is 0.391 e. The van der Waals surface area contributed by atoms with Crippen LogP contribution in [0.3, 0.4) is 0 Å². The van der Waals surface area contributed by atoms with Crippen LogP contribution in [0.5, 0.6) is 0 Å². The number of aliphatic hydroxyl groups excluding tert-OH is 1. The quantitative estimate of drug-likeness (QED) is 0.526. The maximum Gasteiger partial charge on any atom is 0.0715 e. The zero-order valence-corrected chi connectivity index (χ0v) is 7.75. The molecular weight excluding hydrogens is 140 g/mol. The Balaban J connectivity index is 0.000000461. The van der Waals surface area contributed by atoms with Crippen LogP contribution in [0.1, 0.15) is 20.3 Å². The van der Waals surface area contributed by atoms with E-state index < -0.39 is 0 Å². The highest BCUT2D eigenvalue weighted by atomic mass is 16.3. The van der Waals surface area contributed by atoms with Gasteiger partial charge in [-0.05, 0) is 13.5 Å². The lowest BCUT2D eigenvalue weighted by Crippen LogP contribution is -2.49. The molecule has 68 valence electrons. The van der Waals surface area contributed by atoms with E-state index in [2.05, 4.69) is 4.90 Å². The summed E-state index contributed by atoms with van der Waals surface area (Å²) in [5.41, 5.74) is 5.58. The van der Waals surface area contributed by atoms with E-state index in [-0.39, 0.29) is 12.1 Å². The van der Waals surface area contributed by atoms with Crippen molar-refractivity contribution >= 4 is 0 Å². The number of hydrogen-bond donors (Lipinski definition) is 2. The zero-order valence-electron chi connectivity index (χ0n) is 7.75. The number of aliphatic hydroxyl groups is 1. The van der Waals surface area contributed by atoms with Gasteiger partial charge in [-0.15, -0.1) is 0 Å². The Labute approximate surface area is 69.2 Å². The maximum absolute atomic E-state index is 9.14. The van der Waals surface area contributed by atoms with Crippen molar-refractivity contribution in [2.24, 2.45) is 5.73 Å². The third kappa shape index (κ3) is 3.70. The van der Waals surface area contributed by atoms with E-state index in [4.69, 9.17) is 10.8 Å². The minimum atomic E-state index is -0.277. The van der Waals surface area contributed by atoms with E-state index in [9.17, 15) is 0 Å². The van der Waals surface area contributed by atoms with E-state index in [1.807, 2.05) is 20.9 Å². The Kier molecular flexibility index (Phi) is 5.46. The molecule has 2 atom stereocenters. The molecule has 1 rings (SSSR count). The molecule has 0 radical (unpaired) electrons. The molecule has 0 bridgehead atoms. The summed E-state index contributed by atoms with van der Waals surface area (Å²) in [6, 6.07) is -0.0382. The molecule has 0 spiro atoms. The maximum atomic E-state index is 9.14. The Morgan fingerprint density at radius 2 is 2.00 bits per heavy atom. The molecule has 1 saturated heterocycles. The van der Waals surface area contributed by atoms with Crippen molar-refractivity contribution in [1.29, 1.82) is 0 Å². The van der Waals surface area contributed by atoms with Crippen molar-refractivity contribution in [3.63, 3.8) is 0 Å². The molecule has 1 aliphatic rings. The molecule has 3 nitrogen and oxygen atoms in total. The molecular formula is C8H20N2O. The molecule has 0 aliphatic carbocycles. The van der Waals surface area contributed by atoms with Crippen molar-refractivity contribution in [3.8, 4) is 0 Å². The third-order valence-corrected chi connectivity index (χ3v) is 1.82. The molecule has 11 heavy (non-hydrogen) atoms. The SMILES string of the molecule is CC.CN1CCC(O)C(N)C1. The van der Waals surface area contributed by atoms with Gasteiger partial charge in [0.05, 0.1) is 6.10 Å². The number of rotatable bonds is 0. The molecule has 3 heteroatoms. The summed E-state index contributed by atoms with van der Waals surface area (Å²) in [5.74, 6) is 0. The Morgan fingerprint density at radius 1 is 1.45 bits per heavy atom. The van der Waals surface area contributed by atoms with Gasteiger partial charge < -0.3 is 15.7 Å². The van der Waals surface area contributed by atoms with E-state index in [1.165, 1.54) is 0 Å². The number of hydrogen-bond acceptors (Lipinski definition) is 3. The summed E-state index contributed by atoms with van der Waals surface area (Å²) in [4.78, 5) is 2.14. The van der Waals surface area contributed by atoms with Crippen molar-refractivity contribution < 1.29 is 5.11 Å². The van der Waals surface area contributed by atoms with Gasteiger partial charge in [-0.3, -0.25) is 0 Å². The monoisotopic (exact) mass is 160 g/mol. The number of likely N-dealkylation sites (tertiary alicyclic amines) is 1. The van der Waals surface area contributed by atoms with Crippen LogP contribution < -0.4 is 5.73 Å². The first kappa shape index (κ1) is 10.9. The summed E-state index contributed by atoms with van der Waals surface area (Å²) in [7, 11) is 2.02. The lowest BCUT2D eigenvalue weighted by Gasteiger charge is -2.31. The van der Waals surface area contributed by atoms with E-state index >= 15 is 0 Å². The first-order valence-corrected chi connectivity index (χ1v) is 4.32. The smallest absolute Gasteiger partial charge is 0.0715 e. The van der Waals surface area contributed by atoms with Gasteiger partial charge in [-0.25, -0.2) is 0 Å². The lowest BCUT2D eigenvalue weighted by atomic mass is 10.0. The fourth-order valence-electron chi connectivity index (χ4n) is 1.14. The van der Waals surface area contributed by atoms with E-state index in [0.717, 1.165) is 19.5 Å². The first-order chi connectivity index (χ1) is 5.20. The number of piperidine rings is 1. The van der Waals surface area contributed by atoms with Crippen molar-refractivity contribution in [2.45, 2.75) is 32.4 Å². The fraction of sp³-hybridized carbons (Fsp3) is 1.00. The molecule has 1 fully saturated rings. The van der Waals surface area contributed by atoms with Crippen molar-refractivity contribution in [1.82, 2.24) is 4.90 Å². The molecule has 0 aromatic carbocycles. The highest BCUT2D eigenvalue weighted by molar-refractivity contribution is 4.80. The summed E-state index contributed by atoms with van der Waals surface area (Å²) < 4.78 is 0. The zero-order chi connectivity index (χ0) is 8.85. The summed E-state index contributed by atoms with van der Waals surface area (Å²) in [6.07, 6.45) is 0.540. The molecule has 1 aliphatic heterocycles. The van der Waals surface area contributed by atoms with Gasteiger partial charge in [0, 0.05) is 19.1 Å². The fourth-order valence-corrected chi connectivity index (χ4v) is 1.14. The summed E-state index contributed by atoms with van der Waals surface area (Å²) in [5, 5.41) is 9.14. The molecule has 0 saturated carbocycles. The number of nitrogens with two attached hydrogens (primary N) is 1. The second-order valence-electron chi connectivity index (χ2n) is 2.78. The minimum absolute atomic E-state index is 0.0382. The Hall–Kier alpha value is -0.120. The van der Waals surface area contributed by atoms with Crippen LogP contribution in [0.15, 0.2) is 0 Å². The number of nitrogens with zero attached hydrogens (tertiary/aromatic N) is 1. The molecule has 0 amide bonds. The highest BCUT2D eigenvalue weighted by Gasteiger charge is 2.21. The summed E-state index contributed by atoms with van der Waals surface area (Å²) in [6.45, 7) is 5.79. The van der Waals surface area contributed by atoms with Crippen LogP contribution in [0.2, 0.25) is 0 Å². The molecule has 0 aromatic rings. The van der Waals surface area contributed by atoms with E-state index in [1.54, 1.807) is 0 Å². The second kappa shape index (κ2) is 5.52. The van der Waals surface area contributed by atoms with Gasteiger partial charge in [0.15, 0.2) is 0 Å². The van der Waals surface area contributed by atoms with Gasteiger partial charge in [-0.1, -0.05) is 13.8 Å². The first-order valence-electron chi connectivity index (χ1n) is 4.32. The third-order valence-electron chi connectivity index (χ3n) is 1.82. The average Bonchev–Trinajstić information content (AvgIpc) is 2.02. The standard InChI is InChI=1S/C6H14N2O.C2H6/c1-8-3-2-6(9)5(7)4-8;1-2/h5-6,9H,2-4,7H2,1H3;1-2H3. The topological polar surface area (TPSA) is 49.5 Å². The van der Waals surface area contributed by atoms with Crippen LogP contribution in [-0.4, -0.2) is 42.3 Å². The van der Waals surface area contributed by atoms with Crippen LogP contribution in [-0.2, 0) is 0 Å². The van der Waals surface area contributed by atoms with Gasteiger partial charge >= 0.3 is 0 Å². The predicted molar refractivity (Wildman–Crippen MR) is 47.4 cm³/mol. The van der Waals surface area contributed by atoms with Gasteiger partial charge in [-0.2, -0.15) is 0 Å². The molecule has 2 unspecified atom stereocenters. The van der Waals surface area contributed by atoms with Crippen LogP contribution in [0.4, 0.5) is 0 Å². The average molecular weight is 160 g/mol. The Bertz CT molecular complexity index is 98.1. The van der Waals surface area contributed by atoms with Crippen LogP contribution >= 0.6 is 0 Å². The van der Waals surface area contributed by atoms with Crippen LogP contribution in [0.25, 0.3) is 0 Å². The second-order valence-corrected chi connectivity index (χ2v) is 2.78. The molecule has 3 N–H and O–H groups in total. The Morgan fingerprint density at radius 3 is 2.36 bits per heavy atom. The minimum Gasteiger partial charge on any atom is -0.391 e. The summed E-state index contributed by atoms with van der Waals surface area (Å²) >= 11 is 0. The predicted octanol–water partition coefficient (Wildman–Crippen LogP) is 0.0363. The van der Waals surface area contributed by atoms with Crippen molar-refractivity contribution in [2.75, 3.05) is 20.1 Å². The molecule has 1 heterocycles. The van der Waals surface area contributed by atoms with Crippen molar-refractivity contribution in [3.05, 3.63) is 0 Å². The highest BCUT2D eigenvalue weighted by Crippen LogP contribution is 2.05. The molecule has 0 aromatic heterocycles. The van der Waals surface area contributed by atoms with Gasteiger partial charge in [0.1, 0.15) is 0 Å². The number of likely N-dealkylation sites (N-methyl/N-ethyl adjacent to an activating group) is 1. The van der Waals surface area contributed by atoms with E-state index in [0.29, 0.717) is 0 Å². The van der Waals surface area contributed by atoms with Gasteiger partial charge in [0.25, 0.3) is 0 Å². The van der Waals surface area contributed by atoms with Crippen LogP contribution in [0, 0.1) is 0 Å².